The summed E-state index contributed by atoms with van der Waals surface area (Å²) < 4.78 is 34.0. The van der Waals surface area contributed by atoms with Gasteiger partial charge in [-0.15, -0.1) is 10.2 Å². The Morgan fingerprint density at radius 2 is 1.24 bits per heavy atom. The smallest absolute Gasteiger partial charge is 0.275 e. The lowest BCUT2D eigenvalue weighted by atomic mass is 10.3. The summed E-state index contributed by atoms with van der Waals surface area (Å²) in [4.78, 5) is 19.3. The molecule has 0 atom stereocenters. The van der Waals surface area contributed by atoms with Crippen molar-refractivity contribution >= 4 is 22.7 Å². The normalized spacial score (nSPS) is 9.80. The lowest BCUT2D eigenvalue weighted by Gasteiger charge is -2.17. The Morgan fingerprint density at radius 3 is 1.52 bits per heavy atom. The number of nitrogens with two attached hydrogens (primary N) is 1. The number of halogens is 1. The van der Waals surface area contributed by atoms with Crippen LogP contribution in [0.25, 0.3) is 0 Å². The van der Waals surface area contributed by atoms with Gasteiger partial charge in [-0.3, -0.25) is 20.2 Å². The molecule has 0 aliphatic carbocycles. The first-order valence-corrected chi connectivity index (χ1v) is 7.31. The Kier molecular flexibility index (Phi) is 8.93. The highest BCUT2D eigenvalue weighted by atomic mass is 35.7. The molecule has 25 heavy (non-hydrogen) atoms. The van der Waals surface area contributed by atoms with E-state index in [-0.39, 0.29) is 11.4 Å². The van der Waals surface area contributed by atoms with Crippen molar-refractivity contribution in [2.75, 3.05) is 5.73 Å². The summed E-state index contributed by atoms with van der Waals surface area (Å²) in [6, 6.07) is 12.1. The average molecular weight is 377 g/mol. The molecule has 0 aromatic heterocycles. The Bertz CT molecular complexity index is 661. The van der Waals surface area contributed by atoms with Crippen LogP contribution in [0.15, 0.2) is 48.5 Å². The highest BCUT2D eigenvalue weighted by Crippen LogP contribution is 2.13. The van der Waals surface area contributed by atoms with Crippen LogP contribution >= 0.6 is 0 Å². The number of anilines is 1. The van der Waals surface area contributed by atoms with Gasteiger partial charge in [-0.1, -0.05) is 6.07 Å². The van der Waals surface area contributed by atoms with E-state index in [1.165, 1.54) is 24.3 Å². The Balaban J connectivity index is 0.000000368. The SMILES string of the molecule is Nc1cccc([N+](=O)[O-])c1.[NH3+]c1cccc([N+](=O)[O-])c1.[O-][Cl+3]([O-])([O-])[O-]. The summed E-state index contributed by atoms with van der Waals surface area (Å²) >= 11 is 0. The summed E-state index contributed by atoms with van der Waals surface area (Å²) in [7, 11) is -4.94. The van der Waals surface area contributed by atoms with Crippen LogP contribution in [0.4, 0.5) is 22.7 Å². The third kappa shape index (κ3) is 12.2. The van der Waals surface area contributed by atoms with Gasteiger partial charge in [0.05, 0.1) is 15.9 Å². The van der Waals surface area contributed by atoms with Crippen LogP contribution in [0, 0.1) is 30.5 Å². The molecule has 136 valence electrons. The van der Waals surface area contributed by atoms with Crippen LogP contribution in [-0.2, 0) is 0 Å². The van der Waals surface area contributed by atoms with E-state index in [1.807, 2.05) is 0 Å². The Labute approximate surface area is 142 Å². The van der Waals surface area contributed by atoms with Gasteiger partial charge in [0.2, 0.25) is 0 Å². The van der Waals surface area contributed by atoms with E-state index in [0.717, 1.165) is 0 Å². The van der Waals surface area contributed by atoms with Crippen molar-refractivity contribution in [1.82, 2.24) is 0 Å². The highest BCUT2D eigenvalue weighted by molar-refractivity contribution is 5.46. The first kappa shape index (κ1) is 22.1. The number of nitro benzene ring substituents is 2. The van der Waals surface area contributed by atoms with Crippen LogP contribution < -0.4 is 30.1 Å². The molecule has 0 unspecified atom stereocenters. The molecule has 0 aliphatic heterocycles. The minimum absolute atomic E-state index is 0.0278. The number of rotatable bonds is 2. The Morgan fingerprint density at radius 1 is 0.840 bits per heavy atom. The van der Waals surface area contributed by atoms with Crippen molar-refractivity contribution in [3.05, 3.63) is 68.8 Å². The topological polar surface area (TPSA) is 232 Å². The van der Waals surface area contributed by atoms with Gasteiger partial charge in [0.1, 0.15) is 5.69 Å². The molecule has 0 spiro atoms. The summed E-state index contributed by atoms with van der Waals surface area (Å²) in [6.45, 7) is 0. The molecule has 0 radical (unpaired) electrons. The largest absolute Gasteiger partial charge is 0.399 e. The zero-order valence-electron chi connectivity index (χ0n) is 12.4. The van der Waals surface area contributed by atoms with E-state index in [1.54, 1.807) is 24.3 Å². The number of nitrogens with zero attached hydrogens (tertiary/aromatic N) is 2. The molecular weight excluding hydrogens is 364 g/mol. The third-order valence-corrected chi connectivity index (χ3v) is 2.20. The second kappa shape index (κ2) is 10.1. The molecule has 0 amide bonds. The zero-order valence-corrected chi connectivity index (χ0v) is 13.2. The fraction of sp³-hybridized carbons (Fsp3) is 0. The quantitative estimate of drug-likeness (QED) is 0.306. The van der Waals surface area contributed by atoms with E-state index in [2.05, 4.69) is 5.73 Å². The second-order valence-electron chi connectivity index (χ2n) is 4.16. The van der Waals surface area contributed by atoms with Crippen LogP contribution in [-0.4, -0.2) is 9.85 Å². The van der Waals surface area contributed by atoms with Crippen molar-refractivity contribution < 1.29 is 44.5 Å². The van der Waals surface area contributed by atoms with Crippen molar-refractivity contribution in [3.8, 4) is 0 Å². The van der Waals surface area contributed by atoms with E-state index in [4.69, 9.17) is 24.4 Å². The molecule has 2 rings (SSSR count). The fourth-order valence-corrected chi connectivity index (χ4v) is 1.31. The molecule has 5 N–H and O–H groups in total. The van der Waals surface area contributed by atoms with Gasteiger partial charge in [-0.2, -0.15) is 0 Å². The maximum absolute atomic E-state index is 10.1. The highest BCUT2D eigenvalue weighted by Gasteiger charge is 2.04. The van der Waals surface area contributed by atoms with Crippen molar-refractivity contribution in [2.24, 2.45) is 0 Å². The molecule has 0 heterocycles. The molecule has 2 aromatic rings. The molecule has 2 aromatic carbocycles. The first-order chi connectivity index (χ1) is 11.4. The van der Waals surface area contributed by atoms with E-state index in [9.17, 15) is 20.2 Å². The zero-order chi connectivity index (χ0) is 19.6. The number of nitro groups is 2. The van der Waals surface area contributed by atoms with Crippen molar-refractivity contribution in [3.63, 3.8) is 0 Å². The lowest BCUT2D eigenvalue weighted by Crippen LogP contribution is -2.68. The van der Waals surface area contributed by atoms with E-state index in [0.29, 0.717) is 11.4 Å². The molecular formula is C12H13ClN4O8. The number of quaternary nitrogens is 1. The van der Waals surface area contributed by atoms with Gasteiger partial charge in [0.25, 0.3) is 11.4 Å². The maximum Gasteiger partial charge on any atom is 0.275 e. The van der Waals surface area contributed by atoms with Gasteiger partial charge in [-0.05, 0) is 18.2 Å². The predicted octanol–water partition coefficient (Wildman–Crippen LogP) is -3.11. The van der Waals surface area contributed by atoms with E-state index >= 15 is 0 Å². The minimum Gasteiger partial charge on any atom is -0.399 e. The second-order valence-corrected chi connectivity index (χ2v) is 4.91. The molecule has 12 nitrogen and oxygen atoms in total. The maximum atomic E-state index is 10.1. The standard InChI is InChI=1S/2C6H6N2O2.ClHO4/c2*7-5-2-1-3-6(4-5)8(9)10;2-1(3,4)5/h2*1-4H,7H2;(H,2,3,4,5). The monoisotopic (exact) mass is 376 g/mol. The van der Waals surface area contributed by atoms with Crippen LogP contribution in [0.2, 0.25) is 0 Å². The van der Waals surface area contributed by atoms with Gasteiger partial charge in [0, 0.05) is 23.9 Å². The molecule has 0 fully saturated rings. The van der Waals surface area contributed by atoms with E-state index < -0.39 is 20.1 Å². The van der Waals surface area contributed by atoms with Gasteiger partial charge < -0.3 is 11.5 Å². The summed E-state index contributed by atoms with van der Waals surface area (Å²) in [5.41, 5.74) is 10.0. The molecule has 0 bridgehead atoms. The fourth-order valence-electron chi connectivity index (χ4n) is 1.31. The van der Waals surface area contributed by atoms with Gasteiger partial charge >= 0.3 is 0 Å². The summed E-state index contributed by atoms with van der Waals surface area (Å²) in [6.07, 6.45) is 0. The number of hydrogen-bond acceptors (Lipinski definition) is 9. The van der Waals surface area contributed by atoms with Gasteiger partial charge in [-0.25, -0.2) is 18.6 Å². The Hall–Kier alpha value is -2.87. The van der Waals surface area contributed by atoms with Crippen molar-refractivity contribution in [2.45, 2.75) is 0 Å². The number of nitrogen functional groups attached to an aromatic ring is 1. The lowest BCUT2D eigenvalue weighted by molar-refractivity contribution is -2.00. The van der Waals surface area contributed by atoms with Crippen LogP contribution in [0.3, 0.4) is 0 Å². The number of benzene rings is 2. The molecule has 0 aliphatic rings. The average Bonchev–Trinajstić information content (AvgIpc) is 2.46. The molecule has 13 heteroatoms. The predicted molar refractivity (Wildman–Crippen MR) is 73.2 cm³/mol. The minimum atomic E-state index is -4.94. The van der Waals surface area contributed by atoms with Crippen LogP contribution in [0.5, 0.6) is 0 Å². The first-order valence-electron chi connectivity index (χ1n) is 6.08. The molecule has 0 saturated heterocycles. The summed E-state index contributed by atoms with van der Waals surface area (Å²) in [5, 5.41) is 20.2. The van der Waals surface area contributed by atoms with Crippen molar-refractivity contribution in [1.29, 1.82) is 0 Å². The third-order valence-electron chi connectivity index (χ3n) is 2.20. The van der Waals surface area contributed by atoms with Gasteiger partial charge in [0.15, 0.2) is 0 Å². The molecule has 0 saturated carbocycles. The number of non-ortho nitro benzene ring substituents is 2. The van der Waals surface area contributed by atoms with Crippen LogP contribution in [0.1, 0.15) is 0 Å². The number of hydrogen-bond donors (Lipinski definition) is 2. The summed E-state index contributed by atoms with van der Waals surface area (Å²) in [5.74, 6) is 0.